The molecule has 0 aliphatic heterocycles. The molecular weight excluding hydrogens is 158 g/mol. The summed E-state index contributed by atoms with van der Waals surface area (Å²) in [5.41, 5.74) is 0.535. The van der Waals surface area contributed by atoms with Gasteiger partial charge in [-0.15, -0.1) is 6.58 Å². The smallest absolute Gasteiger partial charge is 0.00725 e. The average molecular weight is 181 g/mol. The van der Waals surface area contributed by atoms with Crippen LogP contribution < -0.4 is 5.32 Å². The van der Waals surface area contributed by atoms with Gasteiger partial charge in [0.2, 0.25) is 0 Å². The van der Waals surface area contributed by atoms with Crippen LogP contribution in [0.2, 0.25) is 0 Å². The van der Waals surface area contributed by atoms with Gasteiger partial charge in [-0.05, 0) is 44.1 Å². The molecule has 2 atom stereocenters. The lowest BCUT2D eigenvalue weighted by molar-refractivity contribution is 0.329. The largest absolute Gasteiger partial charge is 0.314 e. The zero-order valence-electron chi connectivity index (χ0n) is 9.10. The third-order valence-corrected chi connectivity index (χ3v) is 3.16. The predicted octanol–water partition coefficient (Wildman–Crippen LogP) is 3.12. The van der Waals surface area contributed by atoms with Crippen LogP contribution in [0.5, 0.6) is 0 Å². The van der Waals surface area contributed by atoms with Crippen LogP contribution >= 0.6 is 0 Å². The van der Waals surface area contributed by atoms with Crippen LogP contribution in [0, 0.1) is 5.41 Å². The third kappa shape index (κ3) is 3.15. The SMILES string of the molecule is C=CCC1(C)CCC(NCCC)C1. The summed E-state index contributed by atoms with van der Waals surface area (Å²) >= 11 is 0. The molecule has 1 N–H and O–H groups in total. The molecule has 0 aromatic heterocycles. The normalized spacial score (nSPS) is 33.5. The van der Waals surface area contributed by atoms with Crippen LogP contribution in [-0.4, -0.2) is 12.6 Å². The van der Waals surface area contributed by atoms with Gasteiger partial charge in [0.15, 0.2) is 0 Å². The molecule has 0 bridgehead atoms. The maximum Gasteiger partial charge on any atom is 0.00725 e. The van der Waals surface area contributed by atoms with Gasteiger partial charge in [0.05, 0.1) is 0 Å². The molecule has 1 fully saturated rings. The molecule has 76 valence electrons. The first kappa shape index (κ1) is 10.8. The topological polar surface area (TPSA) is 12.0 Å². The summed E-state index contributed by atoms with van der Waals surface area (Å²) in [7, 11) is 0. The minimum Gasteiger partial charge on any atom is -0.314 e. The average Bonchev–Trinajstić information content (AvgIpc) is 2.45. The van der Waals surface area contributed by atoms with Crippen LogP contribution in [-0.2, 0) is 0 Å². The Balaban J connectivity index is 2.30. The maximum absolute atomic E-state index is 3.84. The lowest BCUT2D eigenvalue weighted by Gasteiger charge is -2.22. The van der Waals surface area contributed by atoms with E-state index in [1.54, 1.807) is 0 Å². The molecule has 0 aromatic rings. The first-order valence-corrected chi connectivity index (χ1v) is 5.54. The van der Waals surface area contributed by atoms with Gasteiger partial charge in [-0.2, -0.15) is 0 Å². The molecule has 0 heterocycles. The maximum atomic E-state index is 3.84. The number of nitrogens with one attached hydrogen (secondary N) is 1. The molecule has 0 radical (unpaired) electrons. The van der Waals surface area contributed by atoms with Crippen molar-refractivity contribution in [2.24, 2.45) is 5.41 Å². The minimum absolute atomic E-state index is 0.535. The Morgan fingerprint density at radius 1 is 1.62 bits per heavy atom. The fourth-order valence-corrected chi connectivity index (χ4v) is 2.38. The molecule has 1 heteroatoms. The molecule has 0 spiro atoms. The van der Waals surface area contributed by atoms with Crippen LogP contribution in [0.25, 0.3) is 0 Å². The van der Waals surface area contributed by atoms with Crippen molar-refractivity contribution in [2.45, 2.75) is 52.0 Å². The monoisotopic (exact) mass is 181 g/mol. The first-order valence-electron chi connectivity index (χ1n) is 5.54. The molecule has 1 aliphatic carbocycles. The minimum atomic E-state index is 0.535. The summed E-state index contributed by atoms with van der Waals surface area (Å²) < 4.78 is 0. The van der Waals surface area contributed by atoms with E-state index in [1.807, 2.05) is 0 Å². The van der Waals surface area contributed by atoms with Crippen molar-refractivity contribution in [1.29, 1.82) is 0 Å². The van der Waals surface area contributed by atoms with E-state index in [-0.39, 0.29) is 0 Å². The van der Waals surface area contributed by atoms with E-state index < -0.39 is 0 Å². The van der Waals surface area contributed by atoms with Crippen LogP contribution in [0.3, 0.4) is 0 Å². The van der Waals surface area contributed by atoms with Crippen LogP contribution in [0.4, 0.5) is 0 Å². The highest BCUT2D eigenvalue weighted by Crippen LogP contribution is 2.40. The van der Waals surface area contributed by atoms with Crippen molar-refractivity contribution < 1.29 is 0 Å². The third-order valence-electron chi connectivity index (χ3n) is 3.16. The summed E-state index contributed by atoms with van der Waals surface area (Å²) in [6.45, 7) is 9.63. The Bertz CT molecular complexity index is 165. The second-order valence-corrected chi connectivity index (χ2v) is 4.70. The number of rotatable bonds is 5. The zero-order valence-corrected chi connectivity index (χ0v) is 9.10. The van der Waals surface area contributed by atoms with Gasteiger partial charge in [0, 0.05) is 6.04 Å². The Morgan fingerprint density at radius 2 is 2.38 bits per heavy atom. The highest BCUT2D eigenvalue weighted by atomic mass is 14.9. The van der Waals surface area contributed by atoms with Gasteiger partial charge in [-0.1, -0.05) is 19.9 Å². The molecular formula is C12H23N. The van der Waals surface area contributed by atoms with Crippen molar-refractivity contribution in [3.63, 3.8) is 0 Å². The molecule has 13 heavy (non-hydrogen) atoms. The Morgan fingerprint density at radius 3 is 3.00 bits per heavy atom. The molecule has 0 saturated heterocycles. The van der Waals surface area contributed by atoms with Crippen LogP contribution in [0.15, 0.2) is 12.7 Å². The van der Waals surface area contributed by atoms with Crippen molar-refractivity contribution in [1.82, 2.24) is 5.32 Å². The van der Waals surface area contributed by atoms with E-state index in [9.17, 15) is 0 Å². The first-order chi connectivity index (χ1) is 6.20. The highest BCUT2D eigenvalue weighted by Gasteiger charge is 2.33. The Hall–Kier alpha value is -0.300. The van der Waals surface area contributed by atoms with Crippen molar-refractivity contribution in [3.05, 3.63) is 12.7 Å². The second-order valence-electron chi connectivity index (χ2n) is 4.70. The van der Waals surface area contributed by atoms with Gasteiger partial charge < -0.3 is 5.32 Å². The second kappa shape index (κ2) is 4.80. The van der Waals surface area contributed by atoms with E-state index >= 15 is 0 Å². The molecule has 0 aromatic carbocycles. The number of hydrogen-bond acceptors (Lipinski definition) is 1. The van der Waals surface area contributed by atoms with Gasteiger partial charge in [-0.25, -0.2) is 0 Å². The van der Waals surface area contributed by atoms with E-state index in [2.05, 4.69) is 31.8 Å². The molecule has 2 unspecified atom stereocenters. The fourth-order valence-electron chi connectivity index (χ4n) is 2.38. The van der Waals surface area contributed by atoms with Gasteiger partial charge in [0.25, 0.3) is 0 Å². The van der Waals surface area contributed by atoms with Gasteiger partial charge >= 0.3 is 0 Å². The lowest BCUT2D eigenvalue weighted by Crippen LogP contribution is -2.28. The summed E-state index contributed by atoms with van der Waals surface area (Å²) in [6.07, 6.45) is 8.54. The van der Waals surface area contributed by atoms with E-state index in [0.717, 1.165) is 6.04 Å². The fraction of sp³-hybridized carbons (Fsp3) is 0.833. The van der Waals surface area contributed by atoms with E-state index in [0.29, 0.717) is 5.41 Å². The summed E-state index contributed by atoms with van der Waals surface area (Å²) in [6, 6.07) is 0.768. The van der Waals surface area contributed by atoms with Crippen molar-refractivity contribution in [2.75, 3.05) is 6.54 Å². The zero-order chi connectivity index (χ0) is 9.73. The standard InChI is InChI=1S/C12H23N/c1-4-7-12(3)8-6-11(10-12)13-9-5-2/h4,11,13H,1,5-10H2,2-3H3. The summed E-state index contributed by atoms with van der Waals surface area (Å²) in [5, 5.41) is 3.61. The molecule has 1 aliphatic rings. The Kier molecular flexibility index (Phi) is 3.98. The lowest BCUT2D eigenvalue weighted by atomic mass is 9.85. The summed E-state index contributed by atoms with van der Waals surface area (Å²) in [4.78, 5) is 0. The quantitative estimate of drug-likeness (QED) is 0.643. The van der Waals surface area contributed by atoms with E-state index in [4.69, 9.17) is 0 Å². The molecule has 1 nitrogen and oxygen atoms in total. The number of hydrogen-bond donors (Lipinski definition) is 1. The van der Waals surface area contributed by atoms with Crippen LogP contribution in [0.1, 0.15) is 46.0 Å². The van der Waals surface area contributed by atoms with Gasteiger partial charge in [-0.3, -0.25) is 0 Å². The van der Waals surface area contributed by atoms with E-state index in [1.165, 1.54) is 38.6 Å². The van der Waals surface area contributed by atoms with Gasteiger partial charge in [0.1, 0.15) is 0 Å². The van der Waals surface area contributed by atoms with Crippen molar-refractivity contribution in [3.8, 4) is 0 Å². The molecule has 1 saturated carbocycles. The molecule has 0 amide bonds. The predicted molar refractivity (Wildman–Crippen MR) is 58.9 cm³/mol. The highest BCUT2D eigenvalue weighted by molar-refractivity contribution is 4.93. The van der Waals surface area contributed by atoms with Crippen molar-refractivity contribution >= 4 is 0 Å². The number of allylic oxidation sites excluding steroid dienone is 1. The molecule has 1 rings (SSSR count). The summed E-state index contributed by atoms with van der Waals surface area (Å²) in [5.74, 6) is 0. The Labute approximate surface area is 82.6 Å².